The monoisotopic (exact) mass is 546 g/mol. The first-order valence-electron chi connectivity index (χ1n) is 12.0. The number of benzene rings is 3. The van der Waals surface area contributed by atoms with E-state index >= 15 is 0 Å². The van der Waals surface area contributed by atoms with E-state index in [1.807, 2.05) is 91.0 Å². The molecule has 0 N–H and O–H groups in total. The summed E-state index contributed by atoms with van der Waals surface area (Å²) in [4.78, 5) is 0. The van der Waals surface area contributed by atoms with Crippen LogP contribution >= 0.6 is 10.7 Å². The van der Waals surface area contributed by atoms with E-state index in [-0.39, 0.29) is 19.8 Å². The SMILES string of the molecule is CO[C@H]1OC(CS(=O)(=O)Cl)[C@@H](OCc2ccccc2)[C@@H](OCc2ccccc2)C1OCc1ccccc1. The highest BCUT2D eigenvalue weighted by Gasteiger charge is 2.49. The van der Waals surface area contributed by atoms with Crippen LogP contribution in [0.2, 0.25) is 0 Å². The molecule has 3 aromatic carbocycles. The van der Waals surface area contributed by atoms with Crippen LogP contribution in [0.3, 0.4) is 0 Å². The van der Waals surface area contributed by atoms with Crippen LogP contribution < -0.4 is 0 Å². The third kappa shape index (κ3) is 8.35. The molecular formula is C28H31ClO7S. The second-order valence-electron chi connectivity index (χ2n) is 8.77. The van der Waals surface area contributed by atoms with E-state index in [2.05, 4.69) is 0 Å². The van der Waals surface area contributed by atoms with E-state index in [1.165, 1.54) is 7.11 Å². The number of halogens is 1. The molecule has 3 aromatic rings. The van der Waals surface area contributed by atoms with Crippen LogP contribution in [0.4, 0.5) is 0 Å². The molecule has 0 saturated carbocycles. The Morgan fingerprint density at radius 3 is 1.49 bits per heavy atom. The van der Waals surface area contributed by atoms with Crippen LogP contribution in [0.1, 0.15) is 16.7 Å². The molecule has 1 heterocycles. The van der Waals surface area contributed by atoms with Gasteiger partial charge in [-0.3, -0.25) is 0 Å². The molecule has 0 bridgehead atoms. The van der Waals surface area contributed by atoms with Gasteiger partial charge in [-0.05, 0) is 16.7 Å². The normalized spacial score (nSPS) is 24.1. The Balaban J connectivity index is 1.63. The Bertz CT molecular complexity index is 1180. The number of hydrogen-bond donors (Lipinski definition) is 0. The summed E-state index contributed by atoms with van der Waals surface area (Å²) < 4.78 is 54.9. The first-order valence-corrected chi connectivity index (χ1v) is 14.5. The summed E-state index contributed by atoms with van der Waals surface area (Å²) in [7, 11) is 3.22. The summed E-state index contributed by atoms with van der Waals surface area (Å²) in [6, 6.07) is 29.0. The van der Waals surface area contributed by atoms with Gasteiger partial charge in [-0.1, -0.05) is 91.0 Å². The summed E-state index contributed by atoms with van der Waals surface area (Å²) in [5.74, 6) is -0.468. The first kappa shape index (κ1) is 27.7. The van der Waals surface area contributed by atoms with Crippen molar-refractivity contribution in [2.45, 2.75) is 50.5 Å². The molecule has 2 unspecified atom stereocenters. The average molecular weight is 547 g/mol. The maximum Gasteiger partial charge on any atom is 0.235 e. The van der Waals surface area contributed by atoms with Gasteiger partial charge in [-0.25, -0.2) is 8.42 Å². The largest absolute Gasteiger partial charge is 0.368 e. The van der Waals surface area contributed by atoms with Gasteiger partial charge in [-0.15, -0.1) is 0 Å². The maximum absolute atomic E-state index is 12.1. The van der Waals surface area contributed by atoms with Crippen molar-refractivity contribution in [2.75, 3.05) is 12.9 Å². The minimum absolute atomic E-state index is 0.224. The molecule has 0 amide bonds. The number of hydrogen-bond acceptors (Lipinski definition) is 7. The second kappa shape index (κ2) is 13.5. The van der Waals surface area contributed by atoms with Crippen molar-refractivity contribution in [3.8, 4) is 0 Å². The quantitative estimate of drug-likeness (QED) is 0.305. The fourth-order valence-corrected chi connectivity index (χ4v) is 5.30. The average Bonchev–Trinajstić information content (AvgIpc) is 2.91. The molecule has 7 nitrogen and oxygen atoms in total. The van der Waals surface area contributed by atoms with Crippen molar-refractivity contribution in [2.24, 2.45) is 0 Å². The number of ether oxygens (including phenoxy) is 5. The van der Waals surface area contributed by atoms with Crippen LogP contribution in [0.15, 0.2) is 91.0 Å². The Kier molecular flexibility index (Phi) is 10.1. The van der Waals surface area contributed by atoms with E-state index in [9.17, 15) is 8.42 Å². The molecule has 5 atom stereocenters. The van der Waals surface area contributed by atoms with E-state index in [4.69, 9.17) is 34.4 Å². The molecular weight excluding hydrogens is 516 g/mol. The van der Waals surface area contributed by atoms with Gasteiger partial charge in [0.15, 0.2) is 6.29 Å². The maximum atomic E-state index is 12.1. The minimum atomic E-state index is -3.92. The highest BCUT2D eigenvalue weighted by Crippen LogP contribution is 2.32. The zero-order chi connectivity index (χ0) is 26.1. The Labute approximate surface area is 222 Å². The summed E-state index contributed by atoms with van der Waals surface area (Å²) in [6.45, 7) is 0.768. The van der Waals surface area contributed by atoms with Gasteiger partial charge in [-0.2, -0.15) is 0 Å². The standard InChI is InChI=1S/C28H31ClO7S/c1-32-28-27(35-19-23-15-9-4-10-16-23)26(34-18-22-13-7-3-8-14-22)25(24(36-28)20-37(29,30)31)33-17-21-11-5-2-6-12-21/h2-16,24-28H,17-20H2,1H3/t24?,25-,26-,27?,28+/m1/s1. The summed E-state index contributed by atoms with van der Waals surface area (Å²) in [5, 5.41) is 0. The van der Waals surface area contributed by atoms with Crippen molar-refractivity contribution in [3.05, 3.63) is 108 Å². The second-order valence-corrected chi connectivity index (χ2v) is 11.6. The van der Waals surface area contributed by atoms with E-state index in [0.29, 0.717) is 0 Å². The van der Waals surface area contributed by atoms with E-state index in [1.54, 1.807) is 0 Å². The molecule has 1 aliphatic rings. The molecule has 9 heteroatoms. The van der Waals surface area contributed by atoms with Crippen LogP contribution in [0.5, 0.6) is 0 Å². The van der Waals surface area contributed by atoms with Crippen molar-refractivity contribution in [1.82, 2.24) is 0 Å². The van der Waals surface area contributed by atoms with Gasteiger partial charge in [0.2, 0.25) is 9.05 Å². The molecule has 1 fully saturated rings. The smallest absolute Gasteiger partial charge is 0.235 e. The molecule has 0 aliphatic carbocycles. The van der Waals surface area contributed by atoms with Gasteiger partial charge in [0, 0.05) is 17.8 Å². The summed E-state index contributed by atoms with van der Waals surface area (Å²) in [5.41, 5.74) is 2.84. The summed E-state index contributed by atoms with van der Waals surface area (Å²) >= 11 is 0. The Morgan fingerprint density at radius 1 is 0.676 bits per heavy atom. The van der Waals surface area contributed by atoms with E-state index < -0.39 is 45.5 Å². The molecule has 0 aromatic heterocycles. The zero-order valence-corrected chi connectivity index (χ0v) is 22.1. The van der Waals surface area contributed by atoms with Crippen molar-refractivity contribution in [3.63, 3.8) is 0 Å². The van der Waals surface area contributed by atoms with Gasteiger partial charge in [0.25, 0.3) is 0 Å². The number of rotatable bonds is 12. The molecule has 1 aliphatic heterocycles. The van der Waals surface area contributed by atoms with E-state index in [0.717, 1.165) is 16.7 Å². The third-order valence-electron chi connectivity index (χ3n) is 6.04. The van der Waals surface area contributed by atoms with Crippen LogP contribution in [0, 0.1) is 0 Å². The topological polar surface area (TPSA) is 80.3 Å². The number of methoxy groups -OCH3 is 1. The minimum Gasteiger partial charge on any atom is -0.368 e. The van der Waals surface area contributed by atoms with Crippen molar-refractivity contribution in [1.29, 1.82) is 0 Å². The van der Waals surface area contributed by atoms with Gasteiger partial charge in [0.05, 0.1) is 25.6 Å². The Morgan fingerprint density at radius 2 is 1.08 bits per heavy atom. The molecule has 37 heavy (non-hydrogen) atoms. The molecule has 4 rings (SSSR count). The molecule has 198 valence electrons. The van der Waals surface area contributed by atoms with Crippen LogP contribution in [-0.2, 0) is 52.6 Å². The lowest BCUT2D eigenvalue weighted by molar-refractivity contribution is -0.313. The molecule has 1 saturated heterocycles. The van der Waals surface area contributed by atoms with Gasteiger partial charge < -0.3 is 23.7 Å². The fraction of sp³-hybridized carbons (Fsp3) is 0.357. The first-order chi connectivity index (χ1) is 17.9. The van der Waals surface area contributed by atoms with Crippen LogP contribution in [0.25, 0.3) is 0 Å². The highest BCUT2D eigenvalue weighted by molar-refractivity contribution is 8.13. The Hall–Kier alpha value is -2.30. The predicted molar refractivity (Wildman–Crippen MR) is 140 cm³/mol. The fourth-order valence-electron chi connectivity index (χ4n) is 4.27. The molecule has 0 spiro atoms. The van der Waals surface area contributed by atoms with Crippen LogP contribution in [-0.4, -0.2) is 52.0 Å². The molecule has 0 radical (unpaired) electrons. The van der Waals surface area contributed by atoms with Gasteiger partial charge >= 0.3 is 0 Å². The summed E-state index contributed by atoms with van der Waals surface area (Å²) in [6.07, 6.45) is -4.05. The van der Waals surface area contributed by atoms with Crippen molar-refractivity contribution < 1.29 is 32.1 Å². The van der Waals surface area contributed by atoms with Crippen molar-refractivity contribution >= 4 is 19.7 Å². The lowest BCUT2D eigenvalue weighted by atomic mass is 9.98. The highest BCUT2D eigenvalue weighted by atomic mass is 35.7. The third-order valence-corrected chi connectivity index (χ3v) is 7.15. The zero-order valence-electron chi connectivity index (χ0n) is 20.5. The lowest BCUT2D eigenvalue weighted by Crippen LogP contribution is -2.61. The predicted octanol–water partition coefficient (Wildman–Crippen LogP) is 4.68. The van der Waals surface area contributed by atoms with Gasteiger partial charge in [0.1, 0.15) is 24.4 Å². The lowest BCUT2D eigenvalue weighted by Gasteiger charge is -2.45.